The maximum Gasteiger partial charge on any atom is 0.237 e. The van der Waals surface area contributed by atoms with Crippen molar-refractivity contribution in [1.82, 2.24) is 4.98 Å². The molecule has 3 rings (SSSR count). The molecule has 0 saturated heterocycles. The van der Waals surface area contributed by atoms with Gasteiger partial charge in [-0.2, -0.15) is 5.26 Å². The molecule has 1 aliphatic rings. The van der Waals surface area contributed by atoms with Crippen molar-refractivity contribution >= 4 is 5.69 Å². The van der Waals surface area contributed by atoms with Crippen LogP contribution < -0.4 is 10.5 Å². The van der Waals surface area contributed by atoms with E-state index < -0.39 is 0 Å². The molecule has 0 unspecified atom stereocenters. The highest BCUT2D eigenvalue weighted by Gasteiger charge is 2.18. The van der Waals surface area contributed by atoms with Gasteiger partial charge in [0.1, 0.15) is 11.6 Å². The third-order valence-corrected chi connectivity index (χ3v) is 3.83. The van der Waals surface area contributed by atoms with Gasteiger partial charge in [0, 0.05) is 5.69 Å². The first-order chi connectivity index (χ1) is 10.2. The first-order valence-corrected chi connectivity index (χ1v) is 7.20. The number of pyridine rings is 1. The second kappa shape index (κ2) is 5.45. The Morgan fingerprint density at radius 2 is 2.19 bits per heavy atom. The number of nitrogens with two attached hydrogens (primary N) is 1. The van der Waals surface area contributed by atoms with Gasteiger partial charge < -0.3 is 10.5 Å². The van der Waals surface area contributed by atoms with Crippen LogP contribution in [0, 0.1) is 11.3 Å². The SMILES string of the molecule is CCc1ccc(Oc2nc3c(cc2C#N)CCC3)c(N)c1. The first kappa shape index (κ1) is 13.4. The molecule has 4 heteroatoms. The molecule has 0 saturated carbocycles. The molecule has 1 aromatic carbocycles. The van der Waals surface area contributed by atoms with E-state index >= 15 is 0 Å². The summed E-state index contributed by atoms with van der Waals surface area (Å²) in [6.45, 7) is 2.07. The maximum atomic E-state index is 9.28. The summed E-state index contributed by atoms with van der Waals surface area (Å²) >= 11 is 0. The lowest BCUT2D eigenvalue weighted by Crippen LogP contribution is -1.99. The van der Waals surface area contributed by atoms with Gasteiger partial charge in [-0.15, -0.1) is 0 Å². The number of aromatic nitrogens is 1. The van der Waals surface area contributed by atoms with Crippen molar-refractivity contribution < 1.29 is 4.74 Å². The van der Waals surface area contributed by atoms with Crippen LogP contribution >= 0.6 is 0 Å². The summed E-state index contributed by atoms with van der Waals surface area (Å²) in [4.78, 5) is 4.50. The smallest absolute Gasteiger partial charge is 0.237 e. The quantitative estimate of drug-likeness (QED) is 0.874. The number of hydrogen-bond acceptors (Lipinski definition) is 4. The van der Waals surface area contributed by atoms with Crippen molar-refractivity contribution in [3.8, 4) is 17.7 Å². The van der Waals surface area contributed by atoms with Crippen LogP contribution in [0.1, 0.15) is 35.7 Å². The standard InChI is InChI=1S/C17H17N3O/c1-2-11-6-7-16(14(19)8-11)21-17-13(10-18)9-12-4-3-5-15(12)20-17/h6-9H,2-5,19H2,1H3. The highest BCUT2D eigenvalue weighted by Crippen LogP contribution is 2.32. The molecule has 106 valence electrons. The van der Waals surface area contributed by atoms with Crippen LogP contribution in [0.5, 0.6) is 11.6 Å². The summed E-state index contributed by atoms with van der Waals surface area (Å²) in [5.74, 6) is 0.906. The summed E-state index contributed by atoms with van der Waals surface area (Å²) < 4.78 is 5.80. The Morgan fingerprint density at radius 1 is 1.33 bits per heavy atom. The van der Waals surface area contributed by atoms with Crippen LogP contribution in [0.3, 0.4) is 0 Å². The van der Waals surface area contributed by atoms with Crippen molar-refractivity contribution in [2.45, 2.75) is 32.6 Å². The minimum Gasteiger partial charge on any atom is -0.436 e. The zero-order valence-electron chi connectivity index (χ0n) is 12.0. The molecule has 0 bridgehead atoms. The molecule has 2 N–H and O–H groups in total. The lowest BCUT2D eigenvalue weighted by atomic mass is 10.1. The number of ether oxygens (including phenoxy) is 1. The number of nitriles is 1. The molecule has 1 aromatic heterocycles. The third-order valence-electron chi connectivity index (χ3n) is 3.83. The molecular formula is C17H17N3O. The van der Waals surface area contributed by atoms with Crippen molar-refractivity contribution in [1.29, 1.82) is 5.26 Å². The lowest BCUT2D eigenvalue weighted by molar-refractivity contribution is 0.461. The number of anilines is 1. The van der Waals surface area contributed by atoms with Gasteiger partial charge in [-0.25, -0.2) is 4.98 Å². The number of benzene rings is 1. The van der Waals surface area contributed by atoms with Crippen molar-refractivity contribution in [3.05, 3.63) is 46.6 Å². The number of hydrogen-bond donors (Lipinski definition) is 1. The summed E-state index contributed by atoms with van der Waals surface area (Å²) in [6.07, 6.45) is 3.95. The van der Waals surface area contributed by atoms with Crippen LogP contribution in [-0.2, 0) is 19.3 Å². The van der Waals surface area contributed by atoms with E-state index in [0.717, 1.165) is 42.5 Å². The summed E-state index contributed by atoms with van der Waals surface area (Å²) in [5, 5.41) is 9.28. The lowest BCUT2D eigenvalue weighted by Gasteiger charge is -2.11. The van der Waals surface area contributed by atoms with Gasteiger partial charge in [0.2, 0.25) is 5.88 Å². The van der Waals surface area contributed by atoms with E-state index in [0.29, 0.717) is 22.9 Å². The number of fused-ring (bicyclic) bond motifs is 1. The third kappa shape index (κ3) is 2.55. The molecule has 0 aliphatic heterocycles. The molecule has 0 atom stereocenters. The fraction of sp³-hybridized carbons (Fsp3) is 0.294. The maximum absolute atomic E-state index is 9.28. The van der Waals surface area contributed by atoms with E-state index in [1.54, 1.807) is 0 Å². The molecule has 0 spiro atoms. The van der Waals surface area contributed by atoms with E-state index in [4.69, 9.17) is 10.5 Å². The minimum absolute atomic E-state index is 0.356. The molecule has 1 heterocycles. The van der Waals surface area contributed by atoms with Crippen LogP contribution in [0.25, 0.3) is 0 Å². The summed E-state index contributed by atoms with van der Waals surface area (Å²) in [6, 6.07) is 9.76. The van der Waals surface area contributed by atoms with Gasteiger partial charge in [0.25, 0.3) is 0 Å². The van der Waals surface area contributed by atoms with Crippen molar-refractivity contribution in [3.63, 3.8) is 0 Å². The number of nitrogens with zero attached hydrogens (tertiary/aromatic N) is 2. The van der Waals surface area contributed by atoms with Gasteiger partial charge >= 0.3 is 0 Å². The minimum atomic E-state index is 0.356. The van der Waals surface area contributed by atoms with Crippen LogP contribution in [0.15, 0.2) is 24.3 Å². The van der Waals surface area contributed by atoms with Crippen LogP contribution in [-0.4, -0.2) is 4.98 Å². The van der Waals surface area contributed by atoms with E-state index in [9.17, 15) is 5.26 Å². The topological polar surface area (TPSA) is 71.9 Å². The molecule has 4 nitrogen and oxygen atoms in total. The molecule has 0 radical (unpaired) electrons. The monoisotopic (exact) mass is 279 g/mol. The van der Waals surface area contributed by atoms with E-state index in [1.165, 1.54) is 0 Å². The normalized spacial score (nSPS) is 12.8. The Balaban J connectivity index is 1.97. The number of rotatable bonds is 3. The average Bonchev–Trinajstić information content (AvgIpc) is 2.95. The van der Waals surface area contributed by atoms with E-state index in [-0.39, 0.29) is 0 Å². The average molecular weight is 279 g/mol. The summed E-state index contributed by atoms with van der Waals surface area (Å²) in [5.41, 5.74) is 10.4. The van der Waals surface area contributed by atoms with Crippen molar-refractivity contribution in [2.75, 3.05) is 5.73 Å². The summed E-state index contributed by atoms with van der Waals surface area (Å²) in [7, 11) is 0. The number of aryl methyl sites for hydroxylation is 3. The van der Waals surface area contributed by atoms with Gasteiger partial charge in [0.05, 0.1) is 5.69 Å². The Morgan fingerprint density at radius 3 is 2.90 bits per heavy atom. The molecular weight excluding hydrogens is 262 g/mol. The van der Waals surface area contributed by atoms with Gasteiger partial charge in [-0.3, -0.25) is 0 Å². The van der Waals surface area contributed by atoms with E-state index in [2.05, 4.69) is 18.0 Å². The largest absolute Gasteiger partial charge is 0.436 e. The number of nitrogen functional groups attached to an aromatic ring is 1. The Bertz CT molecular complexity index is 732. The molecule has 1 aliphatic carbocycles. The fourth-order valence-electron chi connectivity index (χ4n) is 2.63. The van der Waals surface area contributed by atoms with Crippen LogP contribution in [0.2, 0.25) is 0 Å². The van der Waals surface area contributed by atoms with Gasteiger partial charge in [-0.05, 0) is 55.0 Å². The zero-order valence-corrected chi connectivity index (χ0v) is 12.0. The van der Waals surface area contributed by atoms with Gasteiger partial charge in [0.15, 0.2) is 5.75 Å². The molecule has 2 aromatic rings. The van der Waals surface area contributed by atoms with E-state index in [1.807, 2.05) is 24.3 Å². The van der Waals surface area contributed by atoms with Crippen molar-refractivity contribution in [2.24, 2.45) is 0 Å². The molecule has 0 amide bonds. The first-order valence-electron chi connectivity index (χ1n) is 7.20. The Kier molecular flexibility index (Phi) is 3.49. The fourth-order valence-corrected chi connectivity index (χ4v) is 2.63. The molecule has 21 heavy (non-hydrogen) atoms. The molecule has 0 fully saturated rings. The second-order valence-corrected chi connectivity index (χ2v) is 5.24. The Labute approximate surface area is 124 Å². The Hall–Kier alpha value is -2.54. The second-order valence-electron chi connectivity index (χ2n) is 5.24. The van der Waals surface area contributed by atoms with Gasteiger partial charge in [-0.1, -0.05) is 13.0 Å². The zero-order chi connectivity index (χ0) is 14.8. The van der Waals surface area contributed by atoms with Crippen LogP contribution in [0.4, 0.5) is 5.69 Å². The highest BCUT2D eigenvalue weighted by molar-refractivity contribution is 5.56. The predicted molar refractivity (Wildman–Crippen MR) is 81.3 cm³/mol. The predicted octanol–water partition coefficient (Wildman–Crippen LogP) is 3.38. The highest BCUT2D eigenvalue weighted by atomic mass is 16.5.